The van der Waals surface area contributed by atoms with E-state index in [0.29, 0.717) is 38.9 Å². The normalized spacial score (nSPS) is 21.6. The zero-order valence-corrected chi connectivity index (χ0v) is 12.4. The Morgan fingerprint density at radius 2 is 2.32 bits per heavy atom. The molecular formula is C14H21N5O3. The van der Waals surface area contributed by atoms with Crippen molar-refractivity contribution in [3.8, 4) is 0 Å². The highest BCUT2D eigenvalue weighted by Gasteiger charge is 2.43. The van der Waals surface area contributed by atoms with Gasteiger partial charge in [-0.3, -0.25) is 14.3 Å². The number of piperidine rings is 1. The Morgan fingerprint density at radius 1 is 1.55 bits per heavy atom. The fourth-order valence-corrected chi connectivity index (χ4v) is 2.81. The molecule has 0 aromatic carbocycles. The lowest BCUT2D eigenvalue weighted by atomic mass is 9.77. The van der Waals surface area contributed by atoms with Crippen molar-refractivity contribution >= 4 is 11.9 Å². The molecule has 1 saturated heterocycles. The summed E-state index contributed by atoms with van der Waals surface area (Å²) < 4.78 is 1.51. The first kappa shape index (κ1) is 16.2. The Morgan fingerprint density at radius 3 is 2.95 bits per heavy atom. The molecule has 2 heterocycles. The number of carboxylic acid groups (broad SMARTS) is 1. The first-order valence-electron chi connectivity index (χ1n) is 7.26. The molecule has 0 radical (unpaired) electrons. The summed E-state index contributed by atoms with van der Waals surface area (Å²) in [5, 5.41) is 17.2. The molecule has 8 heteroatoms. The second kappa shape index (κ2) is 6.69. The number of allylic oxidation sites excluding steroid dienone is 1. The molecule has 0 aliphatic carbocycles. The molecule has 8 nitrogen and oxygen atoms in total. The Bertz CT molecular complexity index is 571. The fraction of sp³-hybridized carbons (Fsp3) is 0.571. The molecular weight excluding hydrogens is 286 g/mol. The molecule has 1 unspecified atom stereocenters. The first-order valence-corrected chi connectivity index (χ1v) is 7.26. The van der Waals surface area contributed by atoms with Crippen LogP contribution >= 0.6 is 0 Å². The molecule has 1 atom stereocenters. The lowest BCUT2D eigenvalue weighted by molar-refractivity contribution is -0.151. The summed E-state index contributed by atoms with van der Waals surface area (Å²) in [5.74, 6) is -1.19. The molecule has 1 aliphatic heterocycles. The van der Waals surface area contributed by atoms with Gasteiger partial charge in [0.05, 0.1) is 18.2 Å². The number of aromatic nitrogens is 3. The van der Waals surface area contributed by atoms with Crippen LogP contribution in [0.2, 0.25) is 0 Å². The minimum atomic E-state index is -0.955. The van der Waals surface area contributed by atoms with Gasteiger partial charge < -0.3 is 15.7 Å². The highest BCUT2D eigenvalue weighted by atomic mass is 16.4. The van der Waals surface area contributed by atoms with Crippen molar-refractivity contribution in [2.75, 3.05) is 19.6 Å². The predicted molar refractivity (Wildman–Crippen MR) is 79.1 cm³/mol. The molecule has 0 saturated carbocycles. The van der Waals surface area contributed by atoms with E-state index in [-0.39, 0.29) is 18.1 Å². The second-order valence-electron chi connectivity index (χ2n) is 5.56. The summed E-state index contributed by atoms with van der Waals surface area (Å²) >= 11 is 0. The summed E-state index contributed by atoms with van der Waals surface area (Å²) in [5.41, 5.74) is 4.69. The molecule has 120 valence electrons. The lowest BCUT2D eigenvalue weighted by Gasteiger charge is -2.39. The van der Waals surface area contributed by atoms with Gasteiger partial charge in [0.1, 0.15) is 0 Å². The van der Waals surface area contributed by atoms with Crippen LogP contribution in [0.25, 0.3) is 0 Å². The number of hydrogen-bond donors (Lipinski definition) is 2. The van der Waals surface area contributed by atoms with E-state index in [1.165, 1.54) is 9.58 Å². The Labute approximate surface area is 128 Å². The van der Waals surface area contributed by atoms with Crippen LogP contribution in [-0.4, -0.2) is 56.5 Å². The second-order valence-corrected chi connectivity index (χ2v) is 5.56. The van der Waals surface area contributed by atoms with Gasteiger partial charge in [0, 0.05) is 19.6 Å². The van der Waals surface area contributed by atoms with E-state index in [4.69, 9.17) is 5.73 Å². The molecule has 0 spiro atoms. The number of rotatable bonds is 6. The number of carboxylic acids is 1. The number of likely N-dealkylation sites (tertiary alicyclic amines) is 1. The molecule has 0 bridgehead atoms. The van der Waals surface area contributed by atoms with Gasteiger partial charge >= 0.3 is 5.97 Å². The van der Waals surface area contributed by atoms with Crippen molar-refractivity contribution in [2.24, 2.45) is 11.1 Å². The van der Waals surface area contributed by atoms with Gasteiger partial charge in [0.2, 0.25) is 0 Å². The van der Waals surface area contributed by atoms with Crippen molar-refractivity contribution in [3.63, 3.8) is 0 Å². The van der Waals surface area contributed by atoms with Crippen molar-refractivity contribution in [1.82, 2.24) is 19.9 Å². The maximum Gasteiger partial charge on any atom is 0.311 e. The van der Waals surface area contributed by atoms with E-state index in [9.17, 15) is 14.7 Å². The SMILES string of the molecule is C=CCC1(C(=O)O)CCCN(C(=O)c2cn(CCN)nn2)C1. The number of hydrogen-bond acceptors (Lipinski definition) is 5. The van der Waals surface area contributed by atoms with Crippen LogP contribution < -0.4 is 5.73 Å². The number of aliphatic carboxylic acids is 1. The molecule has 22 heavy (non-hydrogen) atoms. The summed E-state index contributed by atoms with van der Waals surface area (Å²) in [7, 11) is 0. The minimum absolute atomic E-state index is 0.164. The van der Waals surface area contributed by atoms with Crippen LogP contribution in [0.1, 0.15) is 29.8 Å². The van der Waals surface area contributed by atoms with E-state index in [1.807, 2.05) is 0 Å². The zero-order chi connectivity index (χ0) is 16.2. The van der Waals surface area contributed by atoms with Gasteiger partial charge in [-0.15, -0.1) is 11.7 Å². The van der Waals surface area contributed by atoms with E-state index in [2.05, 4.69) is 16.9 Å². The monoisotopic (exact) mass is 307 g/mol. The van der Waals surface area contributed by atoms with E-state index < -0.39 is 11.4 Å². The quantitative estimate of drug-likeness (QED) is 0.721. The van der Waals surface area contributed by atoms with Crippen LogP contribution in [0.3, 0.4) is 0 Å². The molecule has 3 N–H and O–H groups in total. The maximum absolute atomic E-state index is 12.5. The average molecular weight is 307 g/mol. The third kappa shape index (κ3) is 3.16. The van der Waals surface area contributed by atoms with Crippen molar-refractivity contribution in [1.29, 1.82) is 0 Å². The number of carbonyl (C=O) groups is 2. The third-order valence-corrected chi connectivity index (χ3v) is 3.97. The highest BCUT2D eigenvalue weighted by Crippen LogP contribution is 2.34. The van der Waals surface area contributed by atoms with E-state index >= 15 is 0 Å². The van der Waals surface area contributed by atoms with Crippen molar-refractivity contribution in [2.45, 2.75) is 25.8 Å². The maximum atomic E-state index is 12.5. The summed E-state index contributed by atoms with van der Waals surface area (Å²) in [6.45, 7) is 5.20. The predicted octanol–water partition coefficient (Wildman–Crippen LogP) is 0.120. The summed E-state index contributed by atoms with van der Waals surface area (Å²) in [6, 6.07) is 0. The van der Waals surface area contributed by atoms with E-state index in [0.717, 1.165) is 0 Å². The Hall–Kier alpha value is -2.22. The molecule has 2 rings (SSSR count). The van der Waals surface area contributed by atoms with Crippen LogP contribution in [0.4, 0.5) is 0 Å². The summed E-state index contributed by atoms with van der Waals surface area (Å²) in [4.78, 5) is 25.7. The fourth-order valence-electron chi connectivity index (χ4n) is 2.81. The van der Waals surface area contributed by atoms with E-state index in [1.54, 1.807) is 12.3 Å². The van der Waals surface area contributed by atoms with Crippen molar-refractivity contribution in [3.05, 3.63) is 24.5 Å². The van der Waals surface area contributed by atoms with Gasteiger partial charge in [0.15, 0.2) is 5.69 Å². The Kier molecular flexibility index (Phi) is 4.92. The molecule has 1 aromatic rings. The Balaban J connectivity index is 2.15. The molecule has 1 fully saturated rings. The number of nitrogens with two attached hydrogens (primary N) is 1. The largest absolute Gasteiger partial charge is 0.481 e. The van der Waals surface area contributed by atoms with Gasteiger partial charge in [-0.1, -0.05) is 11.3 Å². The van der Waals surface area contributed by atoms with Crippen LogP contribution in [0, 0.1) is 5.41 Å². The van der Waals surface area contributed by atoms with Gasteiger partial charge in [-0.25, -0.2) is 0 Å². The third-order valence-electron chi connectivity index (χ3n) is 3.97. The van der Waals surface area contributed by atoms with Crippen molar-refractivity contribution < 1.29 is 14.7 Å². The van der Waals surface area contributed by atoms with Gasteiger partial charge in [0.25, 0.3) is 5.91 Å². The highest BCUT2D eigenvalue weighted by molar-refractivity contribution is 5.92. The average Bonchev–Trinajstić information content (AvgIpc) is 2.96. The first-order chi connectivity index (χ1) is 10.5. The zero-order valence-electron chi connectivity index (χ0n) is 12.4. The van der Waals surface area contributed by atoms with Crippen LogP contribution in [0.5, 0.6) is 0 Å². The smallest absolute Gasteiger partial charge is 0.311 e. The number of nitrogens with zero attached hydrogens (tertiary/aromatic N) is 4. The number of amides is 1. The molecule has 1 aliphatic rings. The van der Waals surface area contributed by atoms with Crippen LogP contribution in [-0.2, 0) is 11.3 Å². The molecule has 1 amide bonds. The van der Waals surface area contributed by atoms with Gasteiger partial charge in [-0.05, 0) is 19.3 Å². The van der Waals surface area contributed by atoms with Gasteiger partial charge in [-0.2, -0.15) is 0 Å². The molecule has 1 aromatic heterocycles. The lowest BCUT2D eigenvalue weighted by Crippen LogP contribution is -2.49. The topological polar surface area (TPSA) is 114 Å². The standard InChI is InChI=1S/C14H21N5O3/c1-2-4-14(13(21)22)5-3-7-18(10-14)12(20)11-9-19(8-6-15)17-16-11/h2,9H,1,3-8,10,15H2,(H,21,22). The minimum Gasteiger partial charge on any atom is -0.481 e. The van der Waals surface area contributed by atoms with Crippen LogP contribution in [0.15, 0.2) is 18.9 Å². The summed E-state index contributed by atoms with van der Waals surface area (Å²) in [6.07, 6.45) is 4.66. The number of carbonyl (C=O) groups excluding carboxylic acids is 1.